The van der Waals surface area contributed by atoms with Crippen molar-refractivity contribution in [1.82, 2.24) is 5.32 Å². The van der Waals surface area contributed by atoms with Gasteiger partial charge >= 0.3 is 0 Å². The van der Waals surface area contributed by atoms with Gasteiger partial charge in [0.15, 0.2) is 0 Å². The van der Waals surface area contributed by atoms with Crippen molar-refractivity contribution in [1.29, 1.82) is 0 Å². The van der Waals surface area contributed by atoms with Crippen LogP contribution in [0.2, 0.25) is 0 Å². The molecule has 1 heterocycles. The van der Waals surface area contributed by atoms with Crippen LogP contribution in [0, 0.1) is 17.0 Å². The fraction of sp³-hybridized carbons (Fsp3) is 0.500. The number of carbonyl (C=O) groups is 1. The standard InChI is InChI=1S/C14H18N2O4/c1-10-4-2-6-12(13(10)16(18)19)14(17)15-8-7-11-5-3-9-20-11/h2,4,6,11H,3,5,7-9H2,1H3,(H,15,17)/t11-/m1/s1. The molecule has 1 aromatic carbocycles. The lowest BCUT2D eigenvalue weighted by molar-refractivity contribution is -0.385. The molecule has 0 aromatic heterocycles. The summed E-state index contributed by atoms with van der Waals surface area (Å²) < 4.78 is 5.46. The molecule has 1 aliphatic heterocycles. The minimum absolute atomic E-state index is 0.113. The van der Waals surface area contributed by atoms with Gasteiger partial charge in [-0.15, -0.1) is 0 Å². The molecule has 2 rings (SSSR count). The molecule has 6 heteroatoms. The van der Waals surface area contributed by atoms with E-state index >= 15 is 0 Å². The van der Waals surface area contributed by atoms with E-state index in [-0.39, 0.29) is 17.4 Å². The van der Waals surface area contributed by atoms with Crippen LogP contribution in [0.3, 0.4) is 0 Å². The van der Waals surface area contributed by atoms with Crippen molar-refractivity contribution in [2.45, 2.75) is 32.3 Å². The van der Waals surface area contributed by atoms with Crippen LogP contribution in [0.25, 0.3) is 0 Å². The minimum atomic E-state index is -0.510. The molecule has 1 saturated heterocycles. The summed E-state index contributed by atoms with van der Waals surface area (Å²) in [4.78, 5) is 22.6. The number of ether oxygens (including phenoxy) is 1. The number of hydrogen-bond acceptors (Lipinski definition) is 4. The first-order chi connectivity index (χ1) is 9.59. The van der Waals surface area contributed by atoms with Crippen molar-refractivity contribution >= 4 is 11.6 Å². The summed E-state index contributed by atoms with van der Waals surface area (Å²) in [7, 11) is 0. The fourth-order valence-electron chi connectivity index (χ4n) is 2.40. The molecular formula is C14H18N2O4. The van der Waals surface area contributed by atoms with Gasteiger partial charge in [0, 0.05) is 18.7 Å². The molecule has 0 radical (unpaired) electrons. The van der Waals surface area contributed by atoms with Crippen LogP contribution in [-0.4, -0.2) is 30.1 Å². The van der Waals surface area contributed by atoms with E-state index in [0.717, 1.165) is 25.9 Å². The van der Waals surface area contributed by atoms with Crippen molar-refractivity contribution in [2.75, 3.05) is 13.2 Å². The SMILES string of the molecule is Cc1cccc(C(=O)NCC[C@H]2CCCO2)c1[N+](=O)[O-]. The molecule has 1 aliphatic rings. The predicted octanol–water partition coefficient (Wildman–Crippen LogP) is 2.20. The topological polar surface area (TPSA) is 81.5 Å². The Morgan fingerprint density at radius 2 is 2.35 bits per heavy atom. The van der Waals surface area contributed by atoms with Gasteiger partial charge in [0.05, 0.1) is 11.0 Å². The van der Waals surface area contributed by atoms with Crippen LogP contribution >= 0.6 is 0 Å². The highest BCUT2D eigenvalue weighted by molar-refractivity contribution is 5.98. The van der Waals surface area contributed by atoms with E-state index in [2.05, 4.69) is 5.32 Å². The lowest BCUT2D eigenvalue weighted by Gasteiger charge is -2.10. The normalized spacial score (nSPS) is 17.9. The van der Waals surface area contributed by atoms with E-state index in [9.17, 15) is 14.9 Å². The van der Waals surface area contributed by atoms with E-state index in [0.29, 0.717) is 12.1 Å². The molecule has 0 spiro atoms. The van der Waals surface area contributed by atoms with Crippen molar-refractivity contribution in [3.05, 3.63) is 39.4 Å². The molecule has 0 aliphatic carbocycles. The van der Waals surface area contributed by atoms with Gasteiger partial charge in [-0.3, -0.25) is 14.9 Å². The van der Waals surface area contributed by atoms with Crippen LogP contribution in [0.1, 0.15) is 35.2 Å². The zero-order valence-electron chi connectivity index (χ0n) is 11.4. The Balaban J connectivity index is 1.98. The molecule has 1 aromatic rings. The van der Waals surface area contributed by atoms with Crippen molar-refractivity contribution in [3.8, 4) is 0 Å². The summed E-state index contributed by atoms with van der Waals surface area (Å²) in [5.41, 5.74) is 0.478. The van der Waals surface area contributed by atoms with E-state index in [1.54, 1.807) is 19.1 Å². The highest BCUT2D eigenvalue weighted by Gasteiger charge is 2.22. The third-order valence-corrected chi connectivity index (χ3v) is 3.44. The predicted molar refractivity (Wildman–Crippen MR) is 73.8 cm³/mol. The summed E-state index contributed by atoms with van der Waals surface area (Å²) >= 11 is 0. The molecule has 20 heavy (non-hydrogen) atoms. The second kappa shape index (κ2) is 6.47. The van der Waals surface area contributed by atoms with Gasteiger partial charge in [0.1, 0.15) is 5.56 Å². The Labute approximate surface area is 117 Å². The Hall–Kier alpha value is -1.95. The minimum Gasteiger partial charge on any atom is -0.378 e. The zero-order chi connectivity index (χ0) is 14.5. The van der Waals surface area contributed by atoms with Crippen LogP contribution in [0.4, 0.5) is 5.69 Å². The monoisotopic (exact) mass is 278 g/mol. The number of benzene rings is 1. The lowest BCUT2D eigenvalue weighted by Crippen LogP contribution is -2.27. The average molecular weight is 278 g/mol. The van der Waals surface area contributed by atoms with E-state index in [1.165, 1.54) is 6.07 Å². The lowest BCUT2D eigenvalue weighted by atomic mass is 10.1. The number of nitro benzene ring substituents is 1. The Morgan fingerprint density at radius 3 is 3.00 bits per heavy atom. The molecule has 0 bridgehead atoms. The maximum Gasteiger partial charge on any atom is 0.285 e. The second-order valence-electron chi connectivity index (χ2n) is 4.91. The van der Waals surface area contributed by atoms with Gasteiger partial charge in [-0.2, -0.15) is 0 Å². The average Bonchev–Trinajstić information content (AvgIpc) is 2.91. The fourth-order valence-corrected chi connectivity index (χ4v) is 2.40. The highest BCUT2D eigenvalue weighted by Crippen LogP contribution is 2.23. The number of nitrogens with zero attached hydrogens (tertiary/aromatic N) is 1. The van der Waals surface area contributed by atoms with Crippen LogP contribution in [0.5, 0.6) is 0 Å². The number of aryl methyl sites for hydroxylation is 1. The Morgan fingerprint density at radius 1 is 1.55 bits per heavy atom. The molecule has 1 N–H and O–H groups in total. The molecule has 0 saturated carbocycles. The maximum atomic E-state index is 12.0. The van der Waals surface area contributed by atoms with E-state index < -0.39 is 10.8 Å². The number of hydrogen-bond donors (Lipinski definition) is 1. The first-order valence-corrected chi connectivity index (χ1v) is 6.73. The number of carbonyl (C=O) groups excluding carboxylic acids is 1. The summed E-state index contributed by atoms with van der Waals surface area (Å²) in [6.45, 7) is 2.87. The third-order valence-electron chi connectivity index (χ3n) is 3.44. The number of rotatable bonds is 5. The maximum absolute atomic E-state index is 12.0. The smallest absolute Gasteiger partial charge is 0.285 e. The van der Waals surface area contributed by atoms with Gasteiger partial charge in [0.25, 0.3) is 11.6 Å². The largest absolute Gasteiger partial charge is 0.378 e. The van der Waals surface area contributed by atoms with Crippen LogP contribution in [-0.2, 0) is 4.74 Å². The van der Waals surface area contributed by atoms with E-state index in [4.69, 9.17) is 4.74 Å². The Bertz CT molecular complexity index is 510. The zero-order valence-corrected chi connectivity index (χ0v) is 11.4. The van der Waals surface area contributed by atoms with Crippen LogP contribution in [0.15, 0.2) is 18.2 Å². The quantitative estimate of drug-likeness (QED) is 0.661. The van der Waals surface area contributed by atoms with Crippen molar-refractivity contribution in [3.63, 3.8) is 0 Å². The Kier molecular flexibility index (Phi) is 4.68. The number of nitro groups is 1. The molecule has 1 amide bonds. The summed E-state index contributed by atoms with van der Waals surface area (Å²) in [5.74, 6) is -0.404. The van der Waals surface area contributed by atoms with Gasteiger partial charge < -0.3 is 10.1 Å². The van der Waals surface area contributed by atoms with Gasteiger partial charge in [0.2, 0.25) is 0 Å². The highest BCUT2D eigenvalue weighted by atomic mass is 16.6. The van der Waals surface area contributed by atoms with Gasteiger partial charge in [-0.05, 0) is 32.3 Å². The first-order valence-electron chi connectivity index (χ1n) is 6.73. The summed E-state index contributed by atoms with van der Waals surface area (Å²) in [5, 5.41) is 13.8. The number of nitrogens with one attached hydrogen (secondary N) is 1. The molecule has 1 fully saturated rings. The molecular weight excluding hydrogens is 260 g/mol. The first kappa shape index (κ1) is 14.5. The number of para-hydroxylation sites is 1. The van der Waals surface area contributed by atoms with Crippen molar-refractivity contribution in [2.24, 2.45) is 0 Å². The summed E-state index contributed by atoms with van der Waals surface area (Å²) in [6.07, 6.45) is 3.01. The van der Waals surface area contributed by atoms with Crippen molar-refractivity contribution < 1.29 is 14.5 Å². The van der Waals surface area contributed by atoms with Gasteiger partial charge in [-0.1, -0.05) is 12.1 Å². The molecule has 1 atom stereocenters. The molecule has 108 valence electrons. The number of amides is 1. The summed E-state index contributed by atoms with van der Waals surface area (Å²) in [6, 6.07) is 4.76. The molecule has 0 unspecified atom stereocenters. The van der Waals surface area contributed by atoms with Gasteiger partial charge in [-0.25, -0.2) is 0 Å². The molecule has 6 nitrogen and oxygen atoms in total. The van der Waals surface area contributed by atoms with Crippen LogP contribution < -0.4 is 5.32 Å². The third kappa shape index (κ3) is 3.33. The van der Waals surface area contributed by atoms with E-state index in [1.807, 2.05) is 0 Å². The second-order valence-corrected chi connectivity index (χ2v) is 4.91.